The zero-order valence-corrected chi connectivity index (χ0v) is 43.9. The van der Waals surface area contributed by atoms with Crippen molar-refractivity contribution in [3.63, 3.8) is 0 Å². The topological polar surface area (TPSA) is 38.2 Å². The lowest BCUT2D eigenvalue weighted by molar-refractivity contribution is 0.487. The molecule has 0 unspecified atom stereocenters. The summed E-state index contributed by atoms with van der Waals surface area (Å²) in [4.78, 5) is 0. The maximum atomic E-state index is 7.42. The first-order valence-corrected chi connectivity index (χ1v) is 28.8. The fraction of sp³-hybridized carbons (Fsp3) is 0. The van der Waals surface area contributed by atoms with Gasteiger partial charge in [0, 0.05) is 97.8 Å². The second-order valence-electron chi connectivity index (χ2n) is 22.6. The second-order valence-corrected chi connectivity index (χ2v) is 23.7. The molecular weight excluding hydrogens is 1010 g/mol. The maximum absolute atomic E-state index is 7.42. The lowest BCUT2D eigenvalue weighted by atomic mass is 9.34. The Morgan fingerprint density at radius 1 is 0.272 bits per heavy atom. The molecule has 0 saturated heterocycles. The first-order chi connectivity index (χ1) is 40.2. The molecule has 0 fully saturated rings. The van der Waals surface area contributed by atoms with E-state index in [0.717, 1.165) is 45.7 Å². The fourth-order valence-corrected chi connectivity index (χ4v) is 16.8. The van der Waals surface area contributed by atoms with Gasteiger partial charge < -0.3 is 27.7 Å². The van der Waals surface area contributed by atoms with E-state index >= 15 is 0 Å². The molecule has 12 aromatic carbocycles. The summed E-state index contributed by atoms with van der Waals surface area (Å²) in [6.45, 7) is -0.134. The third-order valence-electron chi connectivity index (χ3n) is 18.8. The standard InChI is InChI=1S/C72H38B2N4O2S/c1-7-25-55-41(15-1)42-16-2-8-26-56(42)75(55)39-31-61-69-65(33-39)79-63-37-67-49(35-53(63)73(69)51-23-13-21-47-45-19-5-11-29-59(45)77(61)71(47)51)50-36-54-64(38-68(50)81-67)80-66-34-40(76-57-27-9-3-17-43(57)44-18-4-10-28-58(44)76)32-62-70(66)74(54)52-24-14-22-48-46-20-6-12-30-60(46)78(62)72(48)52/h1-38H. The van der Waals surface area contributed by atoms with Crippen molar-refractivity contribution in [3.8, 4) is 45.7 Å². The summed E-state index contributed by atoms with van der Waals surface area (Å²) in [5.41, 5.74) is 21.5. The van der Waals surface area contributed by atoms with Gasteiger partial charge in [-0.1, -0.05) is 158 Å². The predicted octanol–water partition coefficient (Wildman–Crippen LogP) is 14.3. The zero-order valence-electron chi connectivity index (χ0n) is 43.1. The molecule has 4 aliphatic rings. The number of thiophene rings is 1. The van der Waals surface area contributed by atoms with Crippen molar-refractivity contribution < 1.29 is 9.47 Å². The molecule has 4 aliphatic heterocycles. The van der Waals surface area contributed by atoms with E-state index in [-0.39, 0.29) is 13.4 Å². The van der Waals surface area contributed by atoms with Gasteiger partial charge in [-0.2, -0.15) is 0 Å². The summed E-state index contributed by atoms with van der Waals surface area (Å²) in [6.07, 6.45) is 0. The van der Waals surface area contributed by atoms with E-state index in [4.69, 9.17) is 9.47 Å². The van der Waals surface area contributed by atoms with Gasteiger partial charge in [0.2, 0.25) is 0 Å². The van der Waals surface area contributed by atoms with Gasteiger partial charge in [0.05, 0.1) is 44.5 Å². The lowest BCUT2D eigenvalue weighted by Gasteiger charge is -2.34. The highest BCUT2D eigenvalue weighted by molar-refractivity contribution is 7.26. The van der Waals surface area contributed by atoms with Gasteiger partial charge in [0.15, 0.2) is 0 Å². The number of hydrogen-bond acceptors (Lipinski definition) is 3. The number of rotatable bonds is 2. The maximum Gasteiger partial charge on any atom is 0.256 e. The monoisotopic (exact) mass is 1040 g/mol. The normalized spacial score (nSPS) is 13.6. The highest BCUT2D eigenvalue weighted by atomic mass is 32.1. The van der Waals surface area contributed by atoms with E-state index in [9.17, 15) is 0 Å². The van der Waals surface area contributed by atoms with Crippen LogP contribution in [0.15, 0.2) is 231 Å². The predicted molar refractivity (Wildman–Crippen MR) is 339 cm³/mol. The molecule has 0 N–H and O–H groups in total. The molecule has 0 radical (unpaired) electrons. The fourth-order valence-electron chi connectivity index (χ4n) is 15.7. The van der Waals surface area contributed by atoms with Crippen LogP contribution in [-0.2, 0) is 0 Å². The molecule has 370 valence electrons. The lowest BCUT2D eigenvalue weighted by Crippen LogP contribution is -2.58. The van der Waals surface area contributed by atoms with E-state index < -0.39 is 0 Å². The molecule has 0 bridgehead atoms. The minimum atomic E-state index is -0.0668. The molecule has 6 nitrogen and oxygen atoms in total. The molecule has 0 amide bonds. The summed E-state index contributed by atoms with van der Waals surface area (Å²) in [6, 6.07) is 85.8. The number of hydrogen-bond donors (Lipinski definition) is 0. The summed E-state index contributed by atoms with van der Waals surface area (Å²) >= 11 is 1.83. The summed E-state index contributed by atoms with van der Waals surface area (Å²) in [7, 11) is 0. The van der Waals surface area contributed by atoms with Crippen molar-refractivity contribution in [1.29, 1.82) is 0 Å². The highest BCUT2D eigenvalue weighted by Crippen LogP contribution is 2.46. The van der Waals surface area contributed by atoms with Crippen LogP contribution in [0.3, 0.4) is 0 Å². The van der Waals surface area contributed by atoms with Crippen molar-refractivity contribution in [2.75, 3.05) is 0 Å². The van der Waals surface area contributed by atoms with E-state index in [0.29, 0.717) is 0 Å². The van der Waals surface area contributed by atoms with E-state index in [1.807, 2.05) is 11.3 Å². The van der Waals surface area contributed by atoms with Gasteiger partial charge in [0.1, 0.15) is 23.0 Å². The molecule has 0 saturated carbocycles. The smallest absolute Gasteiger partial charge is 0.256 e. The van der Waals surface area contributed by atoms with Crippen LogP contribution >= 0.6 is 11.3 Å². The number of benzene rings is 12. The Bertz CT molecular complexity index is 5370. The average Bonchev–Trinajstić information content (AvgIpc) is 2.24. The van der Waals surface area contributed by atoms with Crippen molar-refractivity contribution in [2.45, 2.75) is 0 Å². The SMILES string of the molecule is c1ccc2c(c1)c1ccccc1n2-c1cc2c3c(c1)-n1c4ccccc4c4cccc(c41)B3c1cc3c(cc1O2)sc1cc2c(cc13)B1c3c(cc(-n4c5ccccc5c5ccccc54)cc3-n3c4ccccc4c4cccc1c43)O2. The van der Waals surface area contributed by atoms with Crippen molar-refractivity contribution in [2.24, 2.45) is 0 Å². The molecule has 0 aliphatic carbocycles. The molecule has 9 heteroatoms. The molecule has 0 spiro atoms. The Hall–Kier alpha value is -10.2. The number of fused-ring (bicyclic) bond motifs is 23. The van der Waals surface area contributed by atoms with Crippen LogP contribution in [0, 0.1) is 0 Å². The van der Waals surface area contributed by atoms with E-state index in [1.54, 1.807) is 0 Å². The van der Waals surface area contributed by atoms with Crippen LogP contribution in [0.2, 0.25) is 0 Å². The van der Waals surface area contributed by atoms with Gasteiger partial charge >= 0.3 is 0 Å². The van der Waals surface area contributed by atoms with Crippen molar-refractivity contribution in [1.82, 2.24) is 18.3 Å². The number of aromatic nitrogens is 4. The van der Waals surface area contributed by atoms with Crippen molar-refractivity contribution in [3.05, 3.63) is 231 Å². The summed E-state index contributed by atoms with van der Waals surface area (Å²) in [5, 5.41) is 12.5. The molecule has 21 rings (SSSR count). The minimum Gasteiger partial charge on any atom is -0.458 e. The Morgan fingerprint density at radius 2 is 0.605 bits per heavy atom. The van der Waals surface area contributed by atoms with Crippen LogP contribution in [0.4, 0.5) is 0 Å². The van der Waals surface area contributed by atoms with Crippen LogP contribution in [0.5, 0.6) is 23.0 Å². The molecule has 5 aromatic heterocycles. The van der Waals surface area contributed by atoms with Gasteiger partial charge in [-0.15, -0.1) is 11.3 Å². The first kappa shape index (κ1) is 41.8. The molecule has 0 atom stereocenters. The highest BCUT2D eigenvalue weighted by Gasteiger charge is 2.44. The molecule has 9 heterocycles. The third kappa shape index (κ3) is 5.06. The quantitative estimate of drug-likeness (QED) is 0.162. The second kappa shape index (κ2) is 14.5. The number of nitrogens with zero attached hydrogens (tertiary/aromatic N) is 4. The Balaban J connectivity index is 0.809. The van der Waals surface area contributed by atoms with E-state index in [1.165, 1.54) is 140 Å². The Labute approximate surface area is 466 Å². The Kier molecular flexibility index (Phi) is 7.50. The van der Waals surface area contributed by atoms with Gasteiger partial charge in [-0.25, -0.2) is 0 Å². The molecule has 17 aromatic rings. The zero-order chi connectivity index (χ0) is 52.1. The first-order valence-electron chi connectivity index (χ1n) is 28.0. The minimum absolute atomic E-state index is 0.0668. The van der Waals surface area contributed by atoms with Gasteiger partial charge in [-0.3, -0.25) is 0 Å². The largest absolute Gasteiger partial charge is 0.458 e. The summed E-state index contributed by atoms with van der Waals surface area (Å²) < 4.78 is 27.1. The van der Waals surface area contributed by atoms with Gasteiger partial charge in [0.25, 0.3) is 13.4 Å². The average molecular weight is 1040 g/mol. The Morgan fingerprint density at radius 3 is 0.988 bits per heavy atom. The number of para-hydroxylation sites is 8. The van der Waals surface area contributed by atoms with Crippen molar-refractivity contribution >= 4 is 165 Å². The third-order valence-corrected chi connectivity index (χ3v) is 19.9. The van der Waals surface area contributed by atoms with Crippen LogP contribution in [-0.4, -0.2) is 31.7 Å². The van der Waals surface area contributed by atoms with E-state index in [2.05, 4.69) is 249 Å². The molecule has 81 heavy (non-hydrogen) atoms. The molecular formula is C72H38B2N4O2S. The number of ether oxygens (including phenoxy) is 2. The van der Waals surface area contributed by atoms with Crippen LogP contribution in [0.1, 0.15) is 0 Å². The summed E-state index contributed by atoms with van der Waals surface area (Å²) in [5.74, 6) is 3.59. The van der Waals surface area contributed by atoms with Crippen LogP contribution in [0.25, 0.3) is 130 Å². The van der Waals surface area contributed by atoms with Gasteiger partial charge in [-0.05, 0) is 93.4 Å². The van der Waals surface area contributed by atoms with Crippen LogP contribution < -0.4 is 42.3 Å².